The van der Waals surface area contributed by atoms with Gasteiger partial charge in [0.05, 0.1) is 10.5 Å². The average Bonchev–Trinajstić information content (AvgIpc) is 2.45. The van der Waals surface area contributed by atoms with Crippen molar-refractivity contribution in [3.63, 3.8) is 0 Å². The molecule has 1 fully saturated rings. The highest BCUT2D eigenvalue weighted by Gasteiger charge is 2.32. The molecule has 1 saturated heterocycles. The predicted molar refractivity (Wildman–Crippen MR) is 77.2 cm³/mol. The van der Waals surface area contributed by atoms with E-state index in [2.05, 4.69) is 10.0 Å². The largest absolute Gasteiger partial charge is 0.416 e. The monoisotopic (exact) mass is 356 g/mol. The number of nitrogens with one attached hydrogen (secondary N) is 2. The molecule has 22 heavy (non-hydrogen) atoms. The standard InChI is InChI=1S/C13H16ClF3N2O2S/c14-11-4-10(13(15,16)17)5-12(6-11)22(20,21)19-8-9-2-1-3-18-7-9/h4-6,9,18-19H,1-3,7-8H2. The molecule has 0 aromatic heterocycles. The minimum absolute atomic E-state index is 0.129. The summed E-state index contributed by atoms with van der Waals surface area (Å²) in [7, 11) is -4.03. The van der Waals surface area contributed by atoms with Gasteiger partial charge in [-0.1, -0.05) is 11.6 Å². The minimum atomic E-state index is -4.65. The maximum absolute atomic E-state index is 12.7. The van der Waals surface area contributed by atoms with Crippen LogP contribution in [0.1, 0.15) is 18.4 Å². The van der Waals surface area contributed by atoms with Gasteiger partial charge in [0.15, 0.2) is 0 Å². The van der Waals surface area contributed by atoms with E-state index in [9.17, 15) is 21.6 Å². The van der Waals surface area contributed by atoms with Crippen LogP contribution >= 0.6 is 11.6 Å². The van der Waals surface area contributed by atoms with Gasteiger partial charge >= 0.3 is 6.18 Å². The van der Waals surface area contributed by atoms with Gasteiger partial charge in [-0.05, 0) is 50.0 Å². The topological polar surface area (TPSA) is 58.2 Å². The van der Waals surface area contributed by atoms with Crippen molar-refractivity contribution in [2.24, 2.45) is 5.92 Å². The fourth-order valence-electron chi connectivity index (χ4n) is 2.29. The van der Waals surface area contributed by atoms with Crippen molar-refractivity contribution in [3.8, 4) is 0 Å². The van der Waals surface area contributed by atoms with E-state index in [0.717, 1.165) is 25.5 Å². The SMILES string of the molecule is O=S(=O)(NCC1CCCNC1)c1cc(Cl)cc(C(F)(F)F)c1. The third-order valence-corrected chi connectivity index (χ3v) is 5.09. The van der Waals surface area contributed by atoms with Gasteiger partial charge in [0.1, 0.15) is 0 Å². The molecule has 1 unspecified atom stereocenters. The second-order valence-electron chi connectivity index (χ2n) is 5.24. The molecule has 1 aliphatic heterocycles. The normalized spacial score (nSPS) is 20.1. The summed E-state index contributed by atoms with van der Waals surface area (Å²) in [5, 5.41) is 2.88. The zero-order chi connectivity index (χ0) is 16.4. The smallest absolute Gasteiger partial charge is 0.316 e. The molecule has 0 spiro atoms. The van der Waals surface area contributed by atoms with E-state index in [4.69, 9.17) is 11.6 Å². The van der Waals surface area contributed by atoms with Crippen molar-refractivity contribution in [1.29, 1.82) is 0 Å². The van der Waals surface area contributed by atoms with Crippen molar-refractivity contribution in [2.45, 2.75) is 23.9 Å². The molecule has 9 heteroatoms. The van der Waals surface area contributed by atoms with Crippen LogP contribution in [-0.2, 0) is 16.2 Å². The van der Waals surface area contributed by atoms with Crippen molar-refractivity contribution in [1.82, 2.24) is 10.0 Å². The van der Waals surface area contributed by atoms with Crippen LogP contribution in [0.2, 0.25) is 5.02 Å². The second kappa shape index (κ2) is 6.74. The van der Waals surface area contributed by atoms with E-state index < -0.39 is 26.7 Å². The molecule has 2 N–H and O–H groups in total. The first-order valence-corrected chi connectivity index (χ1v) is 8.63. The molecule has 0 aliphatic carbocycles. The van der Waals surface area contributed by atoms with Crippen LogP contribution in [-0.4, -0.2) is 28.1 Å². The zero-order valence-electron chi connectivity index (χ0n) is 11.6. The van der Waals surface area contributed by atoms with Crippen LogP contribution in [0.15, 0.2) is 23.1 Å². The molecule has 1 atom stereocenters. The fraction of sp³-hybridized carbons (Fsp3) is 0.538. The molecule has 1 aromatic carbocycles. The summed E-state index contributed by atoms with van der Waals surface area (Å²) in [5.41, 5.74) is -1.08. The van der Waals surface area contributed by atoms with Gasteiger partial charge in [0, 0.05) is 11.6 Å². The quantitative estimate of drug-likeness (QED) is 0.872. The number of sulfonamides is 1. The Balaban J connectivity index is 2.16. The maximum atomic E-state index is 12.7. The summed E-state index contributed by atoms with van der Waals surface area (Å²) >= 11 is 5.61. The average molecular weight is 357 g/mol. The minimum Gasteiger partial charge on any atom is -0.316 e. The maximum Gasteiger partial charge on any atom is 0.416 e. The van der Waals surface area contributed by atoms with Crippen molar-refractivity contribution in [2.75, 3.05) is 19.6 Å². The highest BCUT2D eigenvalue weighted by atomic mass is 35.5. The molecule has 2 rings (SSSR count). The van der Waals surface area contributed by atoms with Crippen molar-refractivity contribution < 1.29 is 21.6 Å². The van der Waals surface area contributed by atoms with Gasteiger partial charge in [-0.25, -0.2) is 13.1 Å². The first-order chi connectivity index (χ1) is 10.2. The first kappa shape index (κ1) is 17.5. The number of alkyl halides is 3. The summed E-state index contributed by atoms with van der Waals surface area (Å²) in [6, 6.07) is 2.30. The lowest BCUT2D eigenvalue weighted by Gasteiger charge is -2.23. The van der Waals surface area contributed by atoms with Gasteiger partial charge in [-0.3, -0.25) is 0 Å². The third kappa shape index (κ3) is 4.58. The Bertz CT molecular complexity index is 629. The molecule has 1 heterocycles. The van der Waals surface area contributed by atoms with Crippen molar-refractivity contribution >= 4 is 21.6 Å². The van der Waals surface area contributed by atoms with E-state index >= 15 is 0 Å². The van der Waals surface area contributed by atoms with Gasteiger partial charge < -0.3 is 5.32 Å². The van der Waals surface area contributed by atoms with Gasteiger partial charge in [-0.2, -0.15) is 13.2 Å². The van der Waals surface area contributed by atoms with Crippen LogP contribution in [0.25, 0.3) is 0 Å². The Morgan fingerprint density at radius 1 is 1.32 bits per heavy atom. The summed E-state index contributed by atoms with van der Waals surface area (Å²) in [6.07, 6.45) is -2.83. The molecule has 0 radical (unpaired) electrons. The third-order valence-electron chi connectivity index (χ3n) is 3.47. The van der Waals surface area contributed by atoms with Crippen LogP contribution in [0.3, 0.4) is 0 Å². The lowest BCUT2D eigenvalue weighted by atomic mass is 10.0. The number of hydrogen-bond acceptors (Lipinski definition) is 3. The lowest BCUT2D eigenvalue weighted by Crippen LogP contribution is -2.38. The zero-order valence-corrected chi connectivity index (χ0v) is 13.2. The van der Waals surface area contributed by atoms with Crippen LogP contribution in [0, 0.1) is 5.92 Å². The Labute approximate surface area is 132 Å². The highest BCUT2D eigenvalue weighted by molar-refractivity contribution is 7.89. The second-order valence-corrected chi connectivity index (χ2v) is 7.44. The fourth-order valence-corrected chi connectivity index (χ4v) is 3.78. The molecule has 1 aliphatic rings. The number of piperidine rings is 1. The van der Waals surface area contributed by atoms with Gasteiger partial charge in [0.2, 0.25) is 10.0 Å². The lowest BCUT2D eigenvalue weighted by molar-refractivity contribution is -0.137. The summed E-state index contributed by atoms with van der Waals surface area (Å²) in [5.74, 6) is 0.129. The van der Waals surface area contributed by atoms with E-state index in [-0.39, 0.29) is 17.5 Å². The Kier molecular flexibility index (Phi) is 5.37. The Morgan fingerprint density at radius 3 is 2.64 bits per heavy atom. The van der Waals surface area contributed by atoms with Crippen LogP contribution in [0.5, 0.6) is 0 Å². The van der Waals surface area contributed by atoms with Crippen LogP contribution < -0.4 is 10.0 Å². The molecule has 0 saturated carbocycles. The molecule has 4 nitrogen and oxygen atoms in total. The summed E-state index contributed by atoms with van der Waals surface area (Å²) < 4.78 is 64.8. The number of rotatable bonds is 4. The molecule has 1 aromatic rings. The number of benzene rings is 1. The number of hydrogen-bond donors (Lipinski definition) is 2. The molecular formula is C13H16ClF3N2O2S. The van der Waals surface area contributed by atoms with E-state index in [1.165, 1.54) is 0 Å². The predicted octanol–water partition coefficient (Wildman–Crippen LogP) is 2.64. The van der Waals surface area contributed by atoms with Gasteiger partial charge in [0.25, 0.3) is 0 Å². The molecule has 0 amide bonds. The van der Waals surface area contributed by atoms with E-state index in [1.807, 2.05) is 0 Å². The Hall–Kier alpha value is -0.830. The van der Waals surface area contributed by atoms with Crippen molar-refractivity contribution in [3.05, 3.63) is 28.8 Å². The van der Waals surface area contributed by atoms with Crippen LogP contribution in [0.4, 0.5) is 13.2 Å². The molecule has 0 bridgehead atoms. The highest BCUT2D eigenvalue weighted by Crippen LogP contribution is 2.33. The molecule has 124 valence electrons. The molecular weight excluding hydrogens is 341 g/mol. The van der Waals surface area contributed by atoms with E-state index in [0.29, 0.717) is 18.7 Å². The van der Waals surface area contributed by atoms with Gasteiger partial charge in [-0.15, -0.1) is 0 Å². The first-order valence-electron chi connectivity index (χ1n) is 6.76. The summed E-state index contributed by atoms with van der Waals surface area (Å²) in [6.45, 7) is 1.77. The van der Waals surface area contributed by atoms with E-state index in [1.54, 1.807) is 0 Å². The summed E-state index contributed by atoms with van der Waals surface area (Å²) in [4.78, 5) is -0.476. The number of halogens is 4. The Morgan fingerprint density at radius 2 is 2.05 bits per heavy atom.